The van der Waals surface area contributed by atoms with Crippen molar-refractivity contribution >= 4 is 15.9 Å². The molecule has 0 aromatic heterocycles. The molecule has 108 valence electrons. The van der Waals surface area contributed by atoms with Crippen molar-refractivity contribution in [2.24, 2.45) is 0 Å². The van der Waals surface area contributed by atoms with Crippen LogP contribution in [-0.4, -0.2) is 52.5 Å². The SMILES string of the molecule is COCCN(CCOC)Cc1cc(OC)ccc1Br. The van der Waals surface area contributed by atoms with Crippen LogP contribution in [0.3, 0.4) is 0 Å². The van der Waals surface area contributed by atoms with Crippen LogP contribution in [0.2, 0.25) is 0 Å². The van der Waals surface area contributed by atoms with Crippen LogP contribution in [-0.2, 0) is 16.0 Å². The average Bonchev–Trinajstić information content (AvgIpc) is 2.43. The summed E-state index contributed by atoms with van der Waals surface area (Å²) in [6.45, 7) is 4.02. The van der Waals surface area contributed by atoms with Crippen LogP contribution in [0.25, 0.3) is 0 Å². The van der Waals surface area contributed by atoms with Crippen LogP contribution in [0, 0.1) is 0 Å². The third-order valence-electron chi connectivity index (χ3n) is 2.87. The molecule has 0 bridgehead atoms. The van der Waals surface area contributed by atoms with Crippen molar-refractivity contribution in [1.82, 2.24) is 4.90 Å². The fraction of sp³-hybridized carbons (Fsp3) is 0.571. The van der Waals surface area contributed by atoms with Crippen molar-refractivity contribution in [3.05, 3.63) is 28.2 Å². The van der Waals surface area contributed by atoms with Crippen molar-refractivity contribution < 1.29 is 14.2 Å². The second kappa shape index (κ2) is 9.31. The number of rotatable bonds is 9. The van der Waals surface area contributed by atoms with Crippen molar-refractivity contribution in [3.63, 3.8) is 0 Å². The first-order valence-corrected chi connectivity index (χ1v) is 7.03. The van der Waals surface area contributed by atoms with Gasteiger partial charge in [0, 0.05) is 38.3 Å². The summed E-state index contributed by atoms with van der Waals surface area (Å²) in [6, 6.07) is 6.01. The Hall–Kier alpha value is -0.620. The van der Waals surface area contributed by atoms with Crippen molar-refractivity contribution in [2.45, 2.75) is 6.54 Å². The molecule has 4 nitrogen and oxygen atoms in total. The predicted molar refractivity (Wildman–Crippen MR) is 79.7 cm³/mol. The fourth-order valence-electron chi connectivity index (χ4n) is 1.75. The van der Waals surface area contributed by atoms with E-state index in [0.717, 1.165) is 29.9 Å². The van der Waals surface area contributed by atoms with E-state index < -0.39 is 0 Å². The van der Waals surface area contributed by atoms with E-state index in [9.17, 15) is 0 Å². The highest BCUT2D eigenvalue weighted by molar-refractivity contribution is 9.10. The Balaban J connectivity index is 2.70. The van der Waals surface area contributed by atoms with Gasteiger partial charge >= 0.3 is 0 Å². The molecule has 0 amide bonds. The number of benzene rings is 1. The first-order chi connectivity index (χ1) is 9.21. The van der Waals surface area contributed by atoms with E-state index in [1.807, 2.05) is 12.1 Å². The molecular formula is C14H22BrNO3. The molecule has 1 aromatic carbocycles. The zero-order chi connectivity index (χ0) is 14.1. The molecule has 5 heteroatoms. The minimum atomic E-state index is 0.714. The van der Waals surface area contributed by atoms with Crippen molar-refractivity contribution in [1.29, 1.82) is 0 Å². The van der Waals surface area contributed by atoms with Crippen LogP contribution in [0.4, 0.5) is 0 Å². The minimum Gasteiger partial charge on any atom is -0.497 e. The maximum absolute atomic E-state index is 5.26. The predicted octanol–water partition coefficient (Wildman–Crippen LogP) is 2.55. The van der Waals surface area contributed by atoms with Crippen LogP contribution >= 0.6 is 15.9 Å². The highest BCUT2D eigenvalue weighted by Gasteiger charge is 2.09. The summed E-state index contributed by atoms with van der Waals surface area (Å²) in [5, 5.41) is 0. The molecule has 0 fully saturated rings. The molecule has 0 unspecified atom stereocenters. The lowest BCUT2D eigenvalue weighted by Crippen LogP contribution is -2.30. The molecule has 0 aliphatic heterocycles. The summed E-state index contributed by atoms with van der Waals surface area (Å²) in [4.78, 5) is 2.30. The maximum Gasteiger partial charge on any atom is 0.119 e. The molecule has 0 aliphatic carbocycles. The van der Waals surface area contributed by atoms with Gasteiger partial charge in [0.15, 0.2) is 0 Å². The average molecular weight is 332 g/mol. The number of nitrogens with zero attached hydrogens (tertiary/aromatic N) is 1. The van der Waals surface area contributed by atoms with E-state index >= 15 is 0 Å². The van der Waals surface area contributed by atoms with Gasteiger partial charge in [0.2, 0.25) is 0 Å². The minimum absolute atomic E-state index is 0.714. The third kappa shape index (κ3) is 5.91. The number of hydrogen-bond acceptors (Lipinski definition) is 4. The second-order valence-electron chi connectivity index (χ2n) is 4.22. The van der Waals surface area contributed by atoms with Gasteiger partial charge in [-0.3, -0.25) is 4.90 Å². The van der Waals surface area contributed by atoms with Gasteiger partial charge in [-0.05, 0) is 23.8 Å². The van der Waals surface area contributed by atoms with Gasteiger partial charge in [0.1, 0.15) is 5.75 Å². The lowest BCUT2D eigenvalue weighted by atomic mass is 10.2. The lowest BCUT2D eigenvalue weighted by molar-refractivity contribution is 0.110. The molecule has 0 saturated carbocycles. The van der Waals surface area contributed by atoms with Crippen LogP contribution in [0.1, 0.15) is 5.56 Å². The summed E-state index contributed by atoms with van der Waals surface area (Å²) in [7, 11) is 5.12. The van der Waals surface area contributed by atoms with Crippen molar-refractivity contribution in [2.75, 3.05) is 47.6 Å². The van der Waals surface area contributed by atoms with Gasteiger partial charge < -0.3 is 14.2 Å². The molecular weight excluding hydrogens is 310 g/mol. The topological polar surface area (TPSA) is 30.9 Å². The second-order valence-corrected chi connectivity index (χ2v) is 5.07. The maximum atomic E-state index is 5.26. The molecule has 0 radical (unpaired) electrons. The largest absolute Gasteiger partial charge is 0.497 e. The first-order valence-electron chi connectivity index (χ1n) is 6.24. The number of hydrogen-bond donors (Lipinski definition) is 0. The van der Waals surface area contributed by atoms with Gasteiger partial charge in [-0.2, -0.15) is 0 Å². The first kappa shape index (κ1) is 16.4. The highest BCUT2D eigenvalue weighted by Crippen LogP contribution is 2.23. The van der Waals surface area contributed by atoms with Gasteiger partial charge in [0.05, 0.1) is 20.3 Å². The van der Waals surface area contributed by atoms with Gasteiger partial charge in [-0.1, -0.05) is 15.9 Å². The van der Waals surface area contributed by atoms with E-state index in [4.69, 9.17) is 14.2 Å². The zero-order valence-electron chi connectivity index (χ0n) is 11.8. The molecule has 0 spiro atoms. The number of ether oxygens (including phenoxy) is 3. The van der Waals surface area contributed by atoms with Crippen LogP contribution in [0.5, 0.6) is 5.75 Å². The standard InChI is InChI=1S/C14H22BrNO3/c1-17-8-6-16(7-9-18-2)11-12-10-13(19-3)4-5-14(12)15/h4-5,10H,6-9,11H2,1-3H3. The summed E-state index contributed by atoms with van der Waals surface area (Å²) in [5.74, 6) is 0.872. The Kier molecular flexibility index (Phi) is 8.05. The molecule has 0 atom stereocenters. The molecule has 0 N–H and O–H groups in total. The molecule has 1 rings (SSSR count). The normalized spacial score (nSPS) is 11.0. The van der Waals surface area contributed by atoms with Gasteiger partial charge in [-0.25, -0.2) is 0 Å². The Morgan fingerprint density at radius 1 is 1.05 bits per heavy atom. The monoisotopic (exact) mass is 331 g/mol. The van der Waals surface area contributed by atoms with Gasteiger partial charge in [0.25, 0.3) is 0 Å². The Morgan fingerprint density at radius 3 is 2.21 bits per heavy atom. The highest BCUT2D eigenvalue weighted by atomic mass is 79.9. The van der Waals surface area contributed by atoms with Crippen LogP contribution < -0.4 is 4.74 Å². The van der Waals surface area contributed by atoms with Gasteiger partial charge in [-0.15, -0.1) is 0 Å². The quantitative estimate of drug-likeness (QED) is 0.695. The molecule has 19 heavy (non-hydrogen) atoms. The Bertz CT molecular complexity index is 366. The molecule has 0 aliphatic rings. The third-order valence-corrected chi connectivity index (χ3v) is 3.64. The summed E-state index contributed by atoms with van der Waals surface area (Å²) < 4.78 is 16.6. The van der Waals surface area contributed by atoms with E-state index in [0.29, 0.717) is 13.2 Å². The van der Waals surface area contributed by atoms with Crippen LogP contribution in [0.15, 0.2) is 22.7 Å². The fourth-order valence-corrected chi connectivity index (χ4v) is 2.12. The van der Waals surface area contributed by atoms with E-state index in [1.54, 1.807) is 21.3 Å². The number of halogens is 1. The molecule has 0 saturated heterocycles. The van der Waals surface area contributed by atoms with Crippen molar-refractivity contribution in [3.8, 4) is 5.75 Å². The summed E-state index contributed by atoms with van der Waals surface area (Å²) in [5.41, 5.74) is 1.20. The molecule has 0 heterocycles. The summed E-state index contributed by atoms with van der Waals surface area (Å²) in [6.07, 6.45) is 0. The number of methoxy groups -OCH3 is 3. The smallest absolute Gasteiger partial charge is 0.119 e. The zero-order valence-corrected chi connectivity index (χ0v) is 13.4. The summed E-state index contributed by atoms with van der Waals surface area (Å²) >= 11 is 3.58. The Morgan fingerprint density at radius 2 is 1.68 bits per heavy atom. The van der Waals surface area contributed by atoms with E-state index in [1.165, 1.54) is 5.56 Å². The molecule has 1 aromatic rings. The van der Waals surface area contributed by atoms with E-state index in [2.05, 4.69) is 26.9 Å². The lowest BCUT2D eigenvalue weighted by Gasteiger charge is -2.22. The Labute approximate surface area is 123 Å². The van der Waals surface area contributed by atoms with E-state index in [-0.39, 0.29) is 0 Å².